The van der Waals surface area contributed by atoms with Crippen LogP contribution in [0.25, 0.3) is 0 Å². The molecule has 0 aliphatic heterocycles. The molecule has 116 valence electrons. The summed E-state index contributed by atoms with van der Waals surface area (Å²) in [6.07, 6.45) is 8.39. The molecule has 0 spiro atoms. The van der Waals surface area contributed by atoms with Gasteiger partial charge in [-0.25, -0.2) is 0 Å². The fourth-order valence-corrected chi connectivity index (χ4v) is 3.06. The van der Waals surface area contributed by atoms with E-state index in [4.69, 9.17) is 0 Å². The third-order valence-electron chi connectivity index (χ3n) is 4.90. The number of hydrogen-bond donors (Lipinski definition) is 0. The maximum Gasteiger partial charge on any atom is -0.0329 e. The fraction of sp³-hybridized carbons (Fsp3) is 1.00. The van der Waals surface area contributed by atoms with Crippen molar-refractivity contribution in [2.75, 3.05) is 0 Å². The van der Waals surface area contributed by atoms with Crippen molar-refractivity contribution in [1.29, 1.82) is 0 Å². The lowest BCUT2D eigenvalue weighted by molar-refractivity contribution is 0.179. The van der Waals surface area contributed by atoms with Crippen LogP contribution in [0.3, 0.4) is 0 Å². The molecular formula is C19H40. The normalized spacial score (nSPS) is 16.1. The van der Waals surface area contributed by atoms with E-state index in [2.05, 4.69) is 55.4 Å². The molecule has 19 heavy (non-hydrogen) atoms. The Kier molecular flexibility index (Phi) is 9.03. The molecule has 0 aromatic rings. The zero-order valence-corrected chi connectivity index (χ0v) is 15.1. The van der Waals surface area contributed by atoms with Crippen LogP contribution in [0, 0.1) is 29.1 Å². The molecule has 0 aliphatic carbocycles. The Labute approximate surface area is 123 Å². The smallest absolute Gasteiger partial charge is 0.0329 e. The molecule has 0 radical (unpaired) electrons. The molecule has 0 aliphatic rings. The highest BCUT2D eigenvalue weighted by atomic mass is 14.3. The highest BCUT2D eigenvalue weighted by Gasteiger charge is 2.25. The average Bonchev–Trinajstić information content (AvgIpc) is 2.23. The average molecular weight is 269 g/mol. The molecule has 0 aromatic carbocycles. The van der Waals surface area contributed by atoms with Crippen molar-refractivity contribution < 1.29 is 0 Å². The predicted octanol–water partition coefficient (Wildman–Crippen LogP) is 6.94. The first kappa shape index (κ1) is 19.0. The zero-order chi connectivity index (χ0) is 15.1. The van der Waals surface area contributed by atoms with Gasteiger partial charge in [0, 0.05) is 0 Å². The first-order valence-electron chi connectivity index (χ1n) is 8.65. The lowest BCUT2D eigenvalue weighted by Crippen LogP contribution is -2.22. The zero-order valence-electron chi connectivity index (χ0n) is 15.1. The summed E-state index contributed by atoms with van der Waals surface area (Å²) in [6, 6.07) is 0. The first-order valence-corrected chi connectivity index (χ1v) is 8.65. The Hall–Kier alpha value is 0. The van der Waals surface area contributed by atoms with Gasteiger partial charge in [-0.3, -0.25) is 0 Å². The summed E-state index contributed by atoms with van der Waals surface area (Å²) in [5.74, 6) is 3.46. The standard InChI is InChI=1S/C19H40/c1-15(2)10-9-13-19(7,8)18(6)12-11-17(5)14-16(3)4/h15-18H,9-14H2,1-8H3. The summed E-state index contributed by atoms with van der Waals surface area (Å²) in [5, 5.41) is 0. The van der Waals surface area contributed by atoms with Crippen LogP contribution >= 0.6 is 0 Å². The van der Waals surface area contributed by atoms with Gasteiger partial charge in [0.25, 0.3) is 0 Å². The van der Waals surface area contributed by atoms with Crippen molar-refractivity contribution in [3.05, 3.63) is 0 Å². The molecule has 0 saturated carbocycles. The predicted molar refractivity (Wildman–Crippen MR) is 89.5 cm³/mol. The molecule has 0 heterocycles. The van der Waals surface area contributed by atoms with Gasteiger partial charge >= 0.3 is 0 Å². The Morgan fingerprint density at radius 2 is 1.32 bits per heavy atom. The van der Waals surface area contributed by atoms with Gasteiger partial charge in [0.05, 0.1) is 0 Å². The molecule has 2 unspecified atom stereocenters. The van der Waals surface area contributed by atoms with Gasteiger partial charge in [0.15, 0.2) is 0 Å². The van der Waals surface area contributed by atoms with E-state index < -0.39 is 0 Å². The van der Waals surface area contributed by atoms with E-state index in [0.29, 0.717) is 5.41 Å². The van der Waals surface area contributed by atoms with Crippen LogP contribution in [-0.4, -0.2) is 0 Å². The fourth-order valence-electron chi connectivity index (χ4n) is 3.06. The van der Waals surface area contributed by atoms with Crippen molar-refractivity contribution in [3.8, 4) is 0 Å². The molecular weight excluding hydrogens is 228 g/mol. The molecule has 0 aromatic heterocycles. The molecule has 0 amide bonds. The van der Waals surface area contributed by atoms with Gasteiger partial charge < -0.3 is 0 Å². The maximum absolute atomic E-state index is 2.48. The van der Waals surface area contributed by atoms with E-state index in [0.717, 1.165) is 23.7 Å². The van der Waals surface area contributed by atoms with E-state index in [1.807, 2.05) is 0 Å². The van der Waals surface area contributed by atoms with Crippen molar-refractivity contribution in [2.45, 2.75) is 93.9 Å². The molecule has 0 N–H and O–H groups in total. The number of hydrogen-bond acceptors (Lipinski definition) is 0. The van der Waals surface area contributed by atoms with Crippen molar-refractivity contribution >= 4 is 0 Å². The lowest BCUT2D eigenvalue weighted by atomic mass is 9.73. The molecule has 2 atom stereocenters. The van der Waals surface area contributed by atoms with E-state index in [1.165, 1.54) is 38.5 Å². The first-order chi connectivity index (χ1) is 8.65. The second-order valence-electron chi connectivity index (χ2n) is 8.49. The molecule has 0 fully saturated rings. The quantitative estimate of drug-likeness (QED) is 0.402. The second-order valence-corrected chi connectivity index (χ2v) is 8.49. The molecule has 0 heteroatoms. The van der Waals surface area contributed by atoms with E-state index >= 15 is 0 Å². The van der Waals surface area contributed by atoms with Crippen LogP contribution in [0.1, 0.15) is 93.9 Å². The third kappa shape index (κ3) is 9.52. The SMILES string of the molecule is CC(C)CCCC(C)(C)C(C)CCC(C)CC(C)C. The van der Waals surface area contributed by atoms with Gasteiger partial charge in [0.1, 0.15) is 0 Å². The Morgan fingerprint density at radius 3 is 1.79 bits per heavy atom. The monoisotopic (exact) mass is 268 g/mol. The van der Waals surface area contributed by atoms with Gasteiger partial charge in [-0.15, -0.1) is 0 Å². The molecule has 0 bridgehead atoms. The summed E-state index contributed by atoms with van der Waals surface area (Å²) in [4.78, 5) is 0. The molecule has 0 saturated heterocycles. The van der Waals surface area contributed by atoms with Gasteiger partial charge in [-0.05, 0) is 48.3 Å². The minimum atomic E-state index is 0.520. The van der Waals surface area contributed by atoms with Crippen LogP contribution in [-0.2, 0) is 0 Å². The Bertz CT molecular complexity index is 212. The Morgan fingerprint density at radius 1 is 0.737 bits per heavy atom. The van der Waals surface area contributed by atoms with E-state index in [9.17, 15) is 0 Å². The highest BCUT2D eigenvalue weighted by molar-refractivity contribution is 4.76. The van der Waals surface area contributed by atoms with Crippen LogP contribution < -0.4 is 0 Å². The maximum atomic E-state index is 2.48. The Balaban J connectivity index is 3.98. The summed E-state index contributed by atoms with van der Waals surface area (Å²) in [5.41, 5.74) is 0.520. The second kappa shape index (κ2) is 9.03. The summed E-state index contributed by atoms with van der Waals surface area (Å²) in [7, 11) is 0. The van der Waals surface area contributed by atoms with Crippen molar-refractivity contribution in [1.82, 2.24) is 0 Å². The van der Waals surface area contributed by atoms with Crippen molar-refractivity contribution in [3.63, 3.8) is 0 Å². The minimum absolute atomic E-state index is 0.520. The summed E-state index contributed by atoms with van der Waals surface area (Å²) in [6.45, 7) is 19.2. The van der Waals surface area contributed by atoms with Crippen LogP contribution in [0.2, 0.25) is 0 Å². The van der Waals surface area contributed by atoms with Crippen molar-refractivity contribution in [2.24, 2.45) is 29.1 Å². The van der Waals surface area contributed by atoms with Crippen LogP contribution in [0.5, 0.6) is 0 Å². The van der Waals surface area contributed by atoms with E-state index in [1.54, 1.807) is 0 Å². The van der Waals surface area contributed by atoms with Gasteiger partial charge in [0.2, 0.25) is 0 Å². The largest absolute Gasteiger partial charge is 0.0628 e. The number of rotatable bonds is 10. The van der Waals surface area contributed by atoms with Crippen LogP contribution in [0.15, 0.2) is 0 Å². The molecule has 0 nitrogen and oxygen atoms in total. The summed E-state index contributed by atoms with van der Waals surface area (Å²) >= 11 is 0. The third-order valence-corrected chi connectivity index (χ3v) is 4.90. The highest BCUT2D eigenvalue weighted by Crippen LogP contribution is 2.36. The minimum Gasteiger partial charge on any atom is -0.0628 e. The van der Waals surface area contributed by atoms with Crippen LogP contribution in [0.4, 0.5) is 0 Å². The lowest BCUT2D eigenvalue weighted by Gasteiger charge is -2.33. The van der Waals surface area contributed by atoms with Gasteiger partial charge in [-0.1, -0.05) is 74.7 Å². The summed E-state index contributed by atoms with van der Waals surface area (Å²) < 4.78 is 0. The van der Waals surface area contributed by atoms with E-state index in [-0.39, 0.29) is 0 Å². The molecule has 0 rings (SSSR count). The topological polar surface area (TPSA) is 0 Å². The van der Waals surface area contributed by atoms with Gasteiger partial charge in [-0.2, -0.15) is 0 Å².